The number of allylic oxidation sites excluding steroid dienone is 4. The summed E-state index contributed by atoms with van der Waals surface area (Å²) in [6.45, 7) is 4.96. The van der Waals surface area contributed by atoms with E-state index in [1.165, 1.54) is 308 Å². The third kappa shape index (κ3) is 63.4. The number of unbranched alkanes of at least 4 members (excludes halogenated alkanes) is 51. The third-order valence-electron chi connectivity index (χ3n) is 16.5. The highest BCUT2D eigenvalue weighted by atomic mass is 16.5. The van der Waals surface area contributed by atoms with Gasteiger partial charge in [-0.25, -0.2) is 0 Å². The average molecular weight is 1080 g/mol. The Balaban J connectivity index is 3.32. The Labute approximate surface area is 481 Å². The van der Waals surface area contributed by atoms with Crippen LogP contribution in [0.2, 0.25) is 0 Å². The molecular weight excluding hydrogens is 947 g/mol. The van der Waals surface area contributed by atoms with Gasteiger partial charge in [0.1, 0.15) is 0 Å². The minimum atomic E-state index is -0.661. The van der Waals surface area contributed by atoms with Gasteiger partial charge in [-0.15, -0.1) is 0 Å². The zero-order valence-corrected chi connectivity index (χ0v) is 52.2. The molecule has 0 rings (SSSR count). The summed E-state index contributed by atoms with van der Waals surface area (Å²) in [5.74, 6) is -0.0215. The Bertz CT molecular complexity index is 1200. The van der Waals surface area contributed by atoms with Crippen molar-refractivity contribution in [3.8, 4) is 0 Å². The second-order valence-electron chi connectivity index (χ2n) is 24.2. The van der Waals surface area contributed by atoms with Crippen LogP contribution < -0.4 is 5.32 Å². The normalized spacial score (nSPS) is 12.6. The van der Waals surface area contributed by atoms with Crippen molar-refractivity contribution < 1.29 is 24.5 Å². The summed E-state index contributed by atoms with van der Waals surface area (Å²) >= 11 is 0. The molecule has 0 aliphatic heterocycles. The number of rotatable bonds is 66. The number of nitrogens with one attached hydrogen (secondary N) is 1. The van der Waals surface area contributed by atoms with Crippen molar-refractivity contribution >= 4 is 11.9 Å². The first-order valence-electron chi connectivity index (χ1n) is 35.1. The number of aliphatic hydroxyl groups is 2. The second-order valence-corrected chi connectivity index (χ2v) is 24.2. The van der Waals surface area contributed by atoms with Crippen molar-refractivity contribution in [2.75, 3.05) is 13.2 Å². The molecule has 6 heteroatoms. The topological polar surface area (TPSA) is 95.9 Å². The van der Waals surface area contributed by atoms with E-state index < -0.39 is 12.1 Å². The summed E-state index contributed by atoms with van der Waals surface area (Å²) < 4.78 is 5.49. The molecule has 0 aliphatic rings. The van der Waals surface area contributed by atoms with E-state index >= 15 is 0 Å². The van der Waals surface area contributed by atoms with Crippen molar-refractivity contribution in [2.24, 2.45) is 0 Å². The Morgan fingerprint density at radius 2 is 0.649 bits per heavy atom. The van der Waals surface area contributed by atoms with Crippen molar-refractivity contribution in [1.82, 2.24) is 5.32 Å². The lowest BCUT2D eigenvalue weighted by Gasteiger charge is -2.22. The van der Waals surface area contributed by atoms with Gasteiger partial charge >= 0.3 is 5.97 Å². The molecule has 0 spiro atoms. The first-order valence-corrected chi connectivity index (χ1v) is 35.1. The molecule has 3 N–H and O–H groups in total. The average Bonchev–Trinajstić information content (AvgIpc) is 3.43. The van der Waals surface area contributed by atoms with Gasteiger partial charge in [0.15, 0.2) is 0 Å². The summed E-state index contributed by atoms with van der Waals surface area (Å²) in [7, 11) is 0. The molecule has 2 unspecified atom stereocenters. The first kappa shape index (κ1) is 75.3. The van der Waals surface area contributed by atoms with Crippen molar-refractivity contribution in [2.45, 2.75) is 405 Å². The van der Waals surface area contributed by atoms with Crippen molar-refractivity contribution in [3.05, 3.63) is 24.3 Å². The van der Waals surface area contributed by atoms with E-state index in [0.717, 1.165) is 51.4 Å². The van der Waals surface area contributed by atoms with Crippen LogP contribution in [0.5, 0.6) is 0 Å². The van der Waals surface area contributed by atoms with Crippen LogP contribution in [0, 0.1) is 0 Å². The number of carbonyl (C=O) groups is 2. The van der Waals surface area contributed by atoms with E-state index in [0.29, 0.717) is 25.9 Å². The third-order valence-corrected chi connectivity index (χ3v) is 16.5. The fourth-order valence-electron chi connectivity index (χ4n) is 11.1. The highest BCUT2D eigenvalue weighted by molar-refractivity contribution is 5.76. The number of amides is 1. The monoisotopic (exact) mass is 1080 g/mol. The Hall–Kier alpha value is -1.66. The van der Waals surface area contributed by atoms with Crippen LogP contribution in [0.1, 0.15) is 393 Å². The minimum absolute atomic E-state index is 0.00718. The summed E-state index contributed by atoms with van der Waals surface area (Å²) in [6.07, 6.45) is 83.7. The quantitative estimate of drug-likeness (QED) is 0.0320. The van der Waals surface area contributed by atoms with Gasteiger partial charge in [-0.05, 0) is 57.8 Å². The van der Waals surface area contributed by atoms with E-state index in [-0.39, 0.29) is 18.5 Å². The van der Waals surface area contributed by atoms with E-state index in [4.69, 9.17) is 4.74 Å². The van der Waals surface area contributed by atoms with Gasteiger partial charge in [0.05, 0.1) is 25.4 Å². The number of hydrogen-bond donors (Lipinski definition) is 3. The molecule has 0 aromatic heterocycles. The number of carbonyl (C=O) groups excluding carboxylic acids is 2. The van der Waals surface area contributed by atoms with Crippen LogP contribution >= 0.6 is 0 Å². The van der Waals surface area contributed by atoms with Crippen LogP contribution in [0.3, 0.4) is 0 Å². The zero-order chi connectivity index (χ0) is 55.7. The molecular formula is C71H137NO5. The maximum absolute atomic E-state index is 12.5. The summed E-state index contributed by atoms with van der Waals surface area (Å²) in [6, 6.07) is -0.538. The molecule has 2 atom stereocenters. The van der Waals surface area contributed by atoms with Crippen LogP contribution in [0.4, 0.5) is 0 Å². The number of ether oxygens (including phenoxy) is 1. The summed E-state index contributed by atoms with van der Waals surface area (Å²) in [5.41, 5.74) is 0. The molecule has 6 nitrogen and oxygen atoms in total. The molecule has 0 heterocycles. The highest BCUT2D eigenvalue weighted by Crippen LogP contribution is 2.19. The standard InChI is InChI=1S/C71H137NO5/c1-3-5-7-9-11-13-15-17-19-37-41-45-49-53-57-61-65-71(76)77-66-62-58-54-50-46-42-38-35-33-31-29-27-25-23-21-20-22-24-26-28-30-32-34-36-40-44-48-52-56-60-64-70(75)72-68(67-73)69(74)63-59-55-51-47-43-39-18-16-14-12-10-8-6-4-2/h13,15,19,37,68-69,73-74H,3-12,14,16-18,20-36,38-67H2,1-2H3,(H,72,75)/b15-13-,37-19-. The number of hydrogen-bond acceptors (Lipinski definition) is 5. The molecule has 77 heavy (non-hydrogen) atoms. The van der Waals surface area contributed by atoms with E-state index in [1.54, 1.807) is 0 Å². The largest absolute Gasteiger partial charge is 0.466 e. The molecule has 0 saturated carbocycles. The van der Waals surface area contributed by atoms with E-state index in [9.17, 15) is 19.8 Å². The van der Waals surface area contributed by atoms with Gasteiger partial charge in [0.2, 0.25) is 5.91 Å². The fourth-order valence-corrected chi connectivity index (χ4v) is 11.1. The Morgan fingerprint density at radius 1 is 0.364 bits per heavy atom. The maximum Gasteiger partial charge on any atom is 0.305 e. The van der Waals surface area contributed by atoms with Gasteiger partial charge in [0.25, 0.3) is 0 Å². The van der Waals surface area contributed by atoms with Crippen molar-refractivity contribution in [1.29, 1.82) is 0 Å². The highest BCUT2D eigenvalue weighted by Gasteiger charge is 2.20. The molecule has 0 saturated heterocycles. The smallest absolute Gasteiger partial charge is 0.305 e. The van der Waals surface area contributed by atoms with E-state index in [1.807, 2.05) is 0 Å². The van der Waals surface area contributed by atoms with Crippen LogP contribution in [0.15, 0.2) is 24.3 Å². The molecule has 456 valence electrons. The predicted octanol–water partition coefficient (Wildman–Crippen LogP) is 22.5. The lowest BCUT2D eigenvalue weighted by atomic mass is 10.0. The van der Waals surface area contributed by atoms with Crippen molar-refractivity contribution in [3.63, 3.8) is 0 Å². The Kier molecular flexibility index (Phi) is 65.4. The molecule has 0 aliphatic carbocycles. The SMILES string of the molecule is CCCCCC/C=C\C/C=C\CCCCCCCC(=O)OCCCCCCCCCCCCCCCCCCCCCCCCCCCCCCCCC(=O)NC(CO)C(O)CCCCCCCCCCCCCCCC. The lowest BCUT2D eigenvalue weighted by molar-refractivity contribution is -0.143. The molecule has 0 fully saturated rings. The van der Waals surface area contributed by atoms with Gasteiger partial charge in [0, 0.05) is 12.8 Å². The summed E-state index contributed by atoms with van der Waals surface area (Å²) in [5, 5.41) is 23.3. The van der Waals surface area contributed by atoms with Gasteiger partial charge in [-0.1, -0.05) is 346 Å². The molecule has 0 radical (unpaired) electrons. The van der Waals surface area contributed by atoms with Gasteiger partial charge in [-0.3, -0.25) is 9.59 Å². The van der Waals surface area contributed by atoms with Gasteiger partial charge < -0.3 is 20.3 Å². The summed E-state index contributed by atoms with van der Waals surface area (Å²) in [4.78, 5) is 24.6. The number of esters is 1. The predicted molar refractivity (Wildman–Crippen MR) is 338 cm³/mol. The molecule has 0 aromatic rings. The fraction of sp³-hybridized carbons (Fsp3) is 0.915. The van der Waals surface area contributed by atoms with Gasteiger partial charge in [-0.2, -0.15) is 0 Å². The molecule has 0 aromatic carbocycles. The molecule has 1 amide bonds. The van der Waals surface area contributed by atoms with E-state index in [2.05, 4.69) is 43.5 Å². The number of aliphatic hydroxyl groups excluding tert-OH is 2. The van der Waals surface area contributed by atoms with Crippen LogP contribution in [-0.4, -0.2) is 47.4 Å². The first-order chi connectivity index (χ1) is 38.0. The second kappa shape index (κ2) is 66.8. The lowest BCUT2D eigenvalue weighted by Crippen LogP contribution is -2.45. The van der Waals surface area contributed by atoms with Crippen LogP contribution in [0.25, 0.3) is 0 Å². The Morgan fingerprint density at radius 3 is 1.00 bits per heavy atom. The maximum atomic E-state index is 12.5. The zero-order valence-electron chi connectivity index (χ0n) is 52.2. The molecule has 0 bridgehead atoms. The van der Waals surface area contributed by atoms with Crippen LogP contribution in [-0.2, 0) is 14.3 Å². The minimum Gasteiger partial charge on any atom is -0.466 e.